The Bertz CT molecular complexity index is 1250. The van der Waals surface area contributed by atoms with Crippen molar-refractivity contribution in [3.8, 4) is 5.75 Å². The predicted octanol–water partition coefficient (Wildman–Crippen LogP) is 4.26. The van der Waals surface area contributed by atoms with Gasteiger partial charge in [-0.2, -0.15) is 0 Å². The van der Waals surface area contributed by atoms with Crippen LogP contribution >= 0.6 is 0 Å². The van der Waals surface area contributed by atoms with Crippen molar-refractivity contribution < 1.29 is 24.1 Å². The van der Waals surface area contributed by atoms with Gasteiger partial charge in [-0.25, -0.2) is 4.39 Å². The number of ether oxygens (including phenoxy) is 1. The van der Waals surface area contributed by atoms with Crippen LogP contribution in [0.15, 0.2) is 54.7 Å². The second kappa shape index (κ2) is 10.7. The van der Waals surface area contributed by atoms with E-state index in [1.54, 1.807) is 18.2 Å². The normalized spacial score (nSPS) is 25.3. The van der Waals surface area contributed by atoms with E-state index in [0.717, 1.165) is 32.0 Å². The number of methoxy groups -OCH3 is 1. The van der Waals surface area contributed by atoms with E-state index >= 15 is 0 Å². The van der Waals surface area contributed by atoms with E-state index in [1.807, 2.05) is 6.07 Å². The molecule has 3 aromatic rings. The van der Waals surface area contributed by atoms with Crippen molar-refractivity contribution in [1.82, 2.24) is 15.2 Å². The highest BCUT2D eigenvalue weighted by Gasteiger charge is 2.43. The molecule has 1 aromatic heterocycles. The van der Waals surface area contributed by atoms with Gasteiger partial charge in [0.05, 0.1) is 24.9 Å². The number of hydrogen-bond donors (Lipinski definition) is 3. The van der Waals surface area contributed by atoms with Crippen LogP contribution in [0.5, 0.6) is 5.75 Å². The Labute approximate surface area is 216 Å². The quantitative estimate of drug-likeness (QED) is 0.419. The van der Waals surface area contributed by atoms with Crippen LogP contribution in [-0.4, -0.2) is 64.4 Å². The second-order valence-corrected chi connectivity index (χ2v) is 10.3. The lowest BCUT2D eigenvalue weighted by Gasteiger charge is -2.43. The molecule has 2 aliphatic rings. The first-order valence-electron chi connectivity index (χ1n) is 13.0. The number of halogens is 1. The summed E-state index contributed by atoms with van der Waals surface area (Å²) in [6.07, 6.45) is 3.65. The van der Waals surface area contributed by atoms with E-state index in [2.05, 4.69) is 39.5 Å². The minimum absolute atomic E-state index is 0.0843. The van der Waals surface area contributed by atoms with Crippen molar-refractivity contribution in [3.05, 3.63) is 71.7 Å². The molecular formula is C29H34FN3O4. The van der Waals surface area contributed by atoms with Crippen molar-refractivity contribution >= 4 is 16.9 Å². The van der Waals surface area contributed by atoms with Gasteiger partial charge in [-0.1, -0.05) is 30.3 Å². The monoisotopic (exact) mass is 507 g/mol. The minimum atomic E-state index is -1.24. The number of carbonyl (C=O) groups is 1. The van der Waals surface area contributed by atoms with Crippen LogP contribution in [0.4, 0.5) is 4.39 Å². The lowest BCUT2D eigenvalue weighted by molar-refractivity contribution is -0.145. The van der Waals surface area contributed by atoms with Crippen LogP contribution in [0, 0.1) is 5.82 Å². The van der Waals surface area contributed by atoms with Gasteiger partial charge in [0, 0.05) is 30.1 Å². The fraction of sp³-hybridized carbons (Fsp3) is 0.448. The van der Waals surface area contributed by atoms with Gasteiger partial charge in [0.15, 0.2) is 0 Å². The van der Waals surface area contributed by atoms with Crippen LogP contribution in [-0.2, 0) is 4.79 Å². The highest BCUT2D eigenvalue weighted by atomic mass is 19.1. The number of likely N-dealkylation sites (tertiary alicyclic amines) is 1. The first-order valence-corrected chi connectivity index (χ1v) is 13.0. The van der Waals surface area contributed by atoms with Crippen LogP contribution in [0.1, 0.15) is 55.3 Å². The lowest BCUT2D eigenvalue weighted by Crippen LogP contribution is -2.54. The van der Waals surface area contributed by atoms with Crippen LogP contribution < -0.4 is 10.1 Å². The number of aliphatic carboxylic acids is 1. The number of nitrogens with zero attached hydrogens (tertiary/aromatic N) is 2. The summed E-state index contributed by atoms with van der Waals surface area (Å²) in [5, 5.41) is 24.8. The summed E-state index contributed by atoms with van der Waals surface area (Å²) in [5.41, 5.74) is 0.824. The molecule has 1 aliphatic heterocycles. The Morgan fingerprint density at radius 2 is 2.00 bits per heavy atom. The maximum absolute atomic E-state index is 14.8. The van der Waals surface area contributed by atoms with Crippen molar-refractivity contribution in [2.24, 2.45) is 0 Å². The first-order chi connectivity index (χ1) is 17.9. The average Bonchev–Trinajstić information content (AvgIpc) is 3.10. The molecule has 2 fully saturated rings. The van der Waals surface area contributed by atoms with Crippen molar-refractivity contribution in [3.63, 3.8) is 0 Å². The average molecular weight is 508 g/mol. The number of fused-ring (bicyclic) bond motifs is 1. The molecule has 2 aromatic carbocycles. The molecule has 0 spiro atoms. The zero-order chi connectivity index (χ0) is 26.0. The molecule has 3 N–H and O–H groups in total. The molecule has 1 saturated carbocycles. The first kappa shape index (κ1) is 25.6. The molecule has 2 unspecified atom stereocenters. The molecule has 1 saturated heterocycles. The van der Waals surface area contributed by atoms with E-state index in [0.29, 0.717) is 48.0 Å². The Balaban J connectivity index is 1.26. The van der Waals surface area contributed by atoms with E-state index in [9.17, 15) is 19.4 Å². The van der Waals surface area contributed by atoms with Gasteiger partial charge in [0.1, 0.15) is 17.1 Å². The van der Waals surface area contributed by atoms with E-state index < -0.39 is 23.4 Å². The number of β-amino-alcohol motifs (C(OH)–C–C–N with tert-alkyl or cyclic N) is 1. The Morgan fingerprint density at radius 3 is 2.73 bits per heavy atom. The minimum Gasteiger partial charge on any atom is -0.497 e. The van der Waals surface area contributed by atoms with E-state index in [4.69, 9.17) is 4.74 Å². The van der Waals surface area contributed by atoms with Crippen molar-refractivity contribution in [2.75, 3.05) is 26.7 Å². The van der Waals surface area contributed by atoms with E-state index in [-0.39, 0.29) is 12.1 Å². The van der Waals surface area contributed by atoms with Crippen LogP contribution in [0.25, 0.3) is 10.9 Å². The third kappa shape index (κ3) is 5.19. The number of nitrogens with one attached hydrogen (secondary N) is 1. The zero-order valence-electron chi connectivity index (χ0n) is 21.1. The van der Waals surface area contributed by atoms with Crippen molar-refractivity contribution in [1.29, 1.82) is 0 Å². The number of rotatable bonds is 8. The molecule has 0 amide bonds. The highest BCUT2D eigenvalue weighted by Crippen LogP contribution is 2.41. The number of carboxylic acids is 1. The molecule has 196 valence electrons. The predicted molar refractivity (Wildman–Crippen MR) is 139 cm³/mol. The molecule has 37 heavy (non-hydrogen) atoms. The third-order valence-corrected chi connectivity index (χ3v) is 8.22. The van der Waals surface area contributed by atoms with E-state index in [1.165, 1.54) is 12.7 Å². The highest BCUT2D eigenvalue weighted by molar-refractivity contribution is 5.84. The summed E-state index contributed by atoms with van der Waals surface area (Å²) in [5.74, 6) is -0.475. The summed E-state index contributed by atoms with van der Waals surface area (Å²) in [7, 11) is 1.52. The number of aromatic nitrogens is 1. The molecular weight excluding hydrogens is 473 g/mol. The van der Waals surface area contributed by atoms with Gasteiger partial charge >= 0.3 is 5.97 Å². The number of aliphatic hydroxyl groups excluding tert-OH is 1. The number of carboxylic acid groups (broad SMARTS) is 1. The van der Waals surface area contributed by atoms with Gasteiger partial charge in [0.2, 0.25) is 0 Å². The molecule has 0 bridgehead atoms. The number of hydrogen-bond acceptors (Lipinski definition) is 6. The molecule has 8 heteroatoms. The van der Waals surface area contributed by atoms with Crippen LogP contribution in [0.2, 0.25) is 0 Å². The third-order valence-electron chi connectivity index (χ3n) is 8.22. The lowest BCUT2D eigenvalue weighted by atomic mass is 9.75. The van der Waals surface area contributed by atoms with Gasteiger partial charge in [0.25, 0.3) is 0 Å². The Kier molecular flexibility index (Phi) is 7.42. The maximum Gasteiger partial charge on any atom is 0.323 e. The van der Waals surface area contributed by atoms with Gasteiger partial charge in [-0.3, -0.25) is 15.1 Å². The second-order valence-electron chi connectivity index (χ2n) is 10.3. The molecule has 7 nitrogen and oxygen atoms in total. The maximum atomic E-state index is 14.8. The van der Waals surface area contributed by atoms with Crippen molar-refractivity contribution in [2.45, 2.75) is 55.7 Å². The standard InChI is InChI=1S/C29H34FN3O4/c1-37-22-8-9-25-23(16-22)27(24(30)17-31-25)26(34)18-32-29(28(35)36)10-5-12-33(13-11-29)21-14-20(15-21)19-6-3-2-4-7-19/h2-4,6-9,16-17,20-21,26,32,34H,5,10-15,18H2,1H3,(H,35,36). The summed E-state index contributed by atoms with van der Waals surface area (Å²) in [6, 6.07) is 16.1. The number of pyridine rings is 1. The summed E-state index contributed by atoms with van der Waals surface area (Å²) < 4.78 is 20.1. The van der Waals surface area contributed by atoms with Crippen LogP contribution in [0.3, 0.4) is 0 Å². The largest absolute Gasteiger partial charge is 0.497 e. The summed E-state index contributed by atoms with van der Waals surface area (Å²) in [6.45, 7) is 1.44. The van der Waals surface area contributed by atoms with Gasteiger partial charge in [-0.15, -0.1) is 0 Å². The molecule has 2 atom stereocenters. The summed E-state index contributed by atoms with van der Waals surface area (Å²) in [4.78, 5) is 19.0. The topological polar surface area (TPSA) is 94.9 Å². The Morgan fingerprint density at radius 1 is 1.22 bits per heavy atom. The fourth-order valence-electron chi connectivity index (χ4n) is 5.90. The van der Waals surface area contributed by atoms with Gasteiger partial charge < -0.3 is 19.8 Å². The molecule has 5 rings (SSSR count). The number of aliphatic hydroxyl groups is 1. The van der Waals surface area contributed by atoms with Gasteiger partial charge in [-0.05, 0) is 68.3 Å². The SMILES string of the molecule is COc1ccc2ncc(F)c(C(O)CNC3(C(=O)O)CCCN(C4CC(c5ccccc5)C4)CC3)c2c1. The summed E-state index contributed by atoms with van der Waals surface area (Å²) >= 11 is 0. The smallest absolute Gasteiger partial charge is 0.323 e. The molecule has 1 aliphatic carbocycles. The fourth-order valence-corrected chi connectivity index (χ4v) is 5.90. The molecule has 0 radical (unpaired) electrons. The Hall–Kier alpha value is -3.07. The molecule has 2 heterocycles. The zero-order valence-corrected chi connectivity index (χ0v) is 21.1. The number of benzene rings is 2.